The SMILES string of the molecule is CC(=O)CC1CC[C@@H]2O[C@@H](C(O)C(O)CCOCc3ccccc3)C(C)C(O)[C@H]2O1. The summed E-state index contributed by atoms with van der Waals surface area (Å²) in [4.78, 5) is 11.4. The molecule has 2 saturated heterocycles. The molecular formula is C23H34O7. The standard InChI is InChI=1S/C23H34O7/c1-14(24)12-17-8-9-19-23(29-17)20(26)15(2)22(30-19)21(27)18(25)10-11-28-13-16-6-4-3-5-7-16/h3-7,15,17-23,25-27H,8-13H2,1-2H3/t15?,17?,18?,19-,20?,21?,22+,23-/m0/s1. The van der Waals surface area contributed by atoms with Gasteiger partial charge in [0.1, 0.15) is 18.0 Å². The van der Waals surface area contributed by atoms with Crippen molar-refractivity contribution in [2.75, 3.05) is 6.61 Å². The molecule has 0 aliphatic carbocycles. The highest BCUT2D eigenvalue weighted by molar-refractivity contribution is 5.75. The van der Waals surface area contributed by atoms with Crippen molar-refractivity contribution in [3.05, 3.63) is 35.9 Å². The summed E-state index contributed by atoms with van der Waals surface area (Å²) in [6.07, 6.45) is -2.86. The highest BCUT2D eigenvalue weighted by atomic mass is 16.6. The third-order valence-electron chi connectivity index (χ3n) is 6.13. The molecular weight excluding hydrogens is 388 g/mol. The van der Waals surface area contributed by atoms with Crippen LogP contribution in [0.3, 0.4) is 0 Å². The van der Waals surface area contributed by atoms with Crippen molar-refractivity contribution >= 4 is 5.78 Å². The van der Waals surface area contributed by atoms with Crippen LogP contribution in [-0.2, 0) is 25.6 Å². The van der Waals surface area contributed by atoms with Crippen molar-refractivity contribution in [3.63, 3.8) is 0 Å². The van der Waals surface area contributed by atoms with Crippen LogP contribution in [0, 0.1) is 5.92 Å². The molecule has 8 atom stereocenters. The topological polar surface area (TPSA) is 105 Å². The maximum atomic E-state index is 11.4. The molecule has 2 fully saturated rings. The molecule has 0 amide bonds. The number of carbonyl (C=O) groups is 1. The Morgan fingerprint density at radius 2 is 1.93 bits per heavy atom. The molecule has 168 valence electrons. The average Bonchev–Trinajstić information content (AvgIpc) is 2.73. The first kappa shape index (κ1) is 23.3. The lowest BCUT2D eigenvalue weighted by Gasteiger charge is -2.49. The van der Waals surface area contributed by atoms with Gasteiger partial charge in [0.15, 0.2) is 0 Å². The molecule has 7 nitrogen and oxygen atoms in total. The van der Waals surface area contributed by atoms with E-state index >= 15 is 0 Å². The van der Waals surface area contributed by atoms with E-state index in [4.69, 9.17) is 14.2 Å². The second kappa shape index (κ2) is 10.8. The van der Waals surface area contributed by atoms with E-state index in [1.165, 1.54) is 6.92 Å². The average molecular weight is 423 g/mol. The Hall–Kier alpha value is -1.35. The molecule has 1 aromatic rings. The van der Waals surface area contributed by atoms with Crippen LogP contribution >= 0.6 is 0 Å². The van der Waals surface area contributed by atoms with Gasteiger partial charge in [-0.05, 0) is 31.7 Å². The van der Waals surface area contributed by atoms with E-state index in [1.54, 1.807) is 6.92 Å². The van der Waals surface area contributed by atoms with Crippen molar-refractivity contribution in [1.29, 1.82) is 0 Å². The highest BCUT2D eigenvalue weighted by Gasteiger charge is 2.49. The lowest BCUT2D eigenvalue weighted by molar-refractivity contribution is -0.267. The van der Waals surface area contributed by atoms with Gasteiger partial charge in [0.25, 0.3) is 0 Å². The summed E-state index contributed by atoms with van der Waals surface area (Å²) in [5.74, 6) is -0.360. The number of rotatable bonds is 9. The van der Waals surface area contributed by atoms with Gasteiger partial charge in [-0.15, -0.1) is 0 Å². The molecule has 3 rings (SSSR count). The Bertz CT molecular complexity index is 665. The van der Waals surface area contributed by atoms with Crippen molar-refractivity contribution in [3.8, 4) is 0 Å². The van der Waals surface area contributed by atoms with Crippen molar-refractivity contribution in [1.82, 2.24) is 0 Å². The van der Waals surface area contributed by atoms with E-state index in [2.05, 4.69) is 0 Å². The molecule has 0 aromatic heterocycles. The number of carbonyl (C=O) groups excluding carboxylic acids is 1. The molecule has 0 bridgehead atoms. The number of aliphatic hydroxyl groups excluding tert-OH is 3. The third-order valence-corrected chi connectivity index (χ3v) is 6.13. The lowest BCUT2D eigenvalue weighted by Crippen LogP contribution is -2.61. The van der Waals surface area contributed by atoms with E-state index in [-0.39, 0.29) is 24.4 Å². The van der Waals surface area contributed by atoms with Crippen molar-refractivity contribution in [2.24, 2.45) is 5.92 Å². The lowest BCUT2D eigenvalue weighted by atomic mass is 9.81. The van der Waals surface area contributed by atoms with Gasteiger partial charge in [-0.1, -0.05) is 37.3 Å². The summed E-state index contributed by atoms with van der Waals surface area (Å²) in [7, 11) is 0. The number of ketones is 1. The molecule has 2 heterocycles. The molecule has 1 aromatic carbocycles. The highest BCUT2D eigenvalue weighted by Crippen LogP contribution is 2.37. The molecule has 2 aliphatic heterocycles. The number of hydrogen-bond donors (Lipinski definition) is 3. The number of benzene rings is 1. The smallest absolute Gasteiger partial charge is 0.132 e. The summed E-state index contributed by atoms with van der Waals surface area (Å²) in [6.45, 7) is 4.06. The van der Waals surface area contributed by atoms with Crippen molar-refractivity contribution in [2.45, 2.75) is 88.9 Å². The van der Waals surface area contributed by atoms with E-state index in [0.717, 1.165) is 5.56 Å². The van der Waals surface area contributed by atoms with E-state index in [1.807, 2.05) is 30.3 Å². The normalized spacial score (nSPS) is 33.5. The molecule has 2 aliphatic rings. The fraction of sp³-hybridized carbons (Fsp3) is 0.696. The monoisotopic (exact) mass is 422 g/mol. The quantitative estimate of drug-likeness (QED) is 0.519. The van der Waals surface area contributed by atoms with Gasteiger partial charge in [0.05, 0.1) is 37.1 Å². The third kappa shape index (κ3) is 5.87. The summed E-state index contributed by atoms with van der Waals surface area (Å²) in [5.41, 5.74) is 1.05. The van der Waals surface area contributed by atoms with Gasteiger partial charge >= 0.3 is 0 Å². The van der Waals surface area contributed by atoms with Crippen LogP contribution in [0.5, 0.6) is 0 Å². The first-order chi connectivity index (χ1) is 14.4. The molecule has 7 heteroatoms. The Morgan fingerprint density at radius 1 is 1.20 bits per heavy atom. The van der Waals surface area contributed by atoms with Crippen LogP contribution in [0.15, 0.2) is 30.3 Å². The zero-order valence-electron chi connectivity index (χ0n) is 17.7. The molecule has 3 N–H and O–H groups in total. The second-order valence-corrected chi connectivity index (χ2v) is 8.58. The first-order valence-corrected chi connectivity index (χ1v) is 10.8. The zero-order valence-corrected chi connectivity index (χ0v) is 17.7. The van der Waals surface area contributed by atoms with Crippen LogP contribution in [0.1, 0.15) is 45.1 Å². The van der Waals surface area contributed by atoms with Crippen LogP contribution in [0.2, 0.25) is 0 Å². The van der Waals surface area contributed by atoms with Crippen LogP contribution < -0.4 is 0 Å². The number of ether oxygens (including phenoxy) is 3. The Morgan fingerprint density at radius 3 is 2.63 bits per heavy atom. The fourth-order valence-corrected chi connectivity index (χ4v) is 4.38. The molecule has 5 unspecified atom stereocenters. The number of fused-ring (bicyclic) bond motifs is 1. The van der Waals surface area contributed by atoms with Crippen LogP contribution in [-0.4, -0.2) is 70.4 Å². The maximum Gasteiger partial charge on any atom is 0.132 e. The predicted octanol–water partition coefficient (Wildman–Crippen LogP) is 1.61. The van der Waals surface area contributed by atoms with E-state index in [0.29, 0.717) is 32.5 Å². The van der Waals surface area contributed by atoms with E-state index < -0.39 is 36.4 Å². The molecule has 30 heavy (non-hydrogen) atoms. The minimum atomic E-state index is -1.13. The maximum absolute atomic E-state index is 11.4. The van der Waals surface area contributed by atoms with Gasteiger partial charge in [-0.25, -0.2) is 0 Å². The van der Waals surface area contributed by atoms with Gasteiger partial charge in [-0.3, -0.25) is 4.79 Å². The zero-order chi connectivity index (χ0) is 21.7. The summed E-state index contributed by atoms with van der Waals surface area (Å²) >= 11 is 0. The van der Waals surface area contributed by atoms with Crippen molar-refractivity contribution < 1.29 is 34.3 Å². The van der Waals surface area contributed by atoms with Crippen LogP contribution in [0.4, 0.5) is 0 Å². The Kier molecular flexibility index (Phi) is 8.39. The largest absolute Gasteiger partial charge is 0.390 e. The van der Waals surface area contributed by atoms with Crippen LogP contribution in [0.25, 0.3) is 0 Å². The van der Waals surface area contributed by atoms with Gasteiger partial charge in [0.2, 0.25) is 0 Å². The van der Waals surface area contributed by atoms with Gasteiger partial charge < -0.3 is 29.5 Å². The Balaban J connectivity index is 1.48. The summed E-state index contributed by atoms with van der Waals surface area (Å²) < 4.78 is 17.6. The molecule has 0 radical (unpaired) electrons. The predicted molar refractivity (Wildman–Crippen MR) is 110 cm³/mol. The summed E-state index contributed by atoms with van der Waals surface area (Å²) in [5, 5.41) is 31.9. The number of Topliss-reactive ketones (excluding diaryl/α,β-unsaturated/α-hetero) is 1. The van der Waals surface area contributed by atoms with Gasteiger partial charge in [-0.2, -0.15) is 0 Å². The second-order valence-electron chi connectivity index (χ2n) is 8.58. The first-order valence-electron chi connectivity index (χ1n) is 10.8. The minimum absolute atomic E-state index is 0.0589. The molecule has 0 spiro atoms. The fourth-order valence-electron chi connectivity index (χ4n) is 4.38. The number of aliphatic hydroxyl groups is 3. The summed E-state index contributed by atoms with van der Waals surface area (Å²) in [6, 6.07) is 9.75. The minimum Gasteiger partial charge on any atom is -0.390 e. The van der Waals surface area contributed by atoms with Gasteiger partial charge in [0, 0.05) is 18.9 Å². The number of hydrogen-bond acceptors (Lipinski definition) is 7. The molecule has 0 saturated carbocycles. The van der Waals surface area contributed by atoms with E-state index in [9.17, 15) is 20.1 Å². The Labute approximate surface area is 178 Å².